The summed E-state index contributed by atoms with van der Waals surface area (Å²) in [6.07, 6.45) is 6.35. The molecule has 3 fully saturated rings. The Kier molecular flexibility index (Phi) is 6.53. The minimum atomic E-state index is 0.0340. The number of likely N-dealkylation sites (tertiary alicyclic amines) is 2. The molecule has 0 aromatic heterocycles. The number of carbonyl (C=O) groups is 1. The van der Waals surface area contributed by atoms with E-state index in [0.29, 0.717) is 6.04 Å². The number of nitrogens with one attached hydrogen (secondary N) is 1. The summed E-state index contributed by atoms with van der Waals surface area (Å²) in [5, 5.41) is 3.47. The molecule has 0 aliphatic carbocycles. The third-order valence-electron chi connectivity index (χ3n) is 5.49. The highest BCUT2D eigenvalue weighted by Gasteiger charge is 2.31. The normalized spacial score (nSPS) is 27.9. The minimum absolute atomic E-state index is 0.0340. The van der Waals surface area contributed by atoms with Gasteiger partial charge in [0, 0.05) is 46.4 Å². The second kappa shape index (κ2) is 8.85. The first-order chi connectivity index (χ1) is 12.1. The molecule has 3 saturated heterocycles. The van der Waals surface area contributed by atoms with Crippen LogP contribution < -0.4 is 5.32 Å². The lowest BCUT2D eigenvalue weighted by molar-refractivity contribution is -0.127. The lowest BCUT2D eigenvalue weighted by Crippen LogP contribution is -2.45. The maximum atomic E-state index is 11.9. The molecule has 7 heteroatoms. The van der Waals surface area contributed by atoms with Gasteiger partial charge in [0.25, 0.3) is 0 Å². The Bertz CT molecular complexity index is 470. The summed E-state index contributed by atoms with van der Waals surface area (Å²) in [4.78, 5) is 23.1. The molecule has 0 bridgehead atoms. The summed E-state index contributed by atoms with van der Waals surface area (Å²) in [7, 11) is 3.55. The van der Waals surface area contributed by atoms with Gasteiger partial charge in [0.05, 0.1) is 6.10 Å². The third-order valence-corrected chi connectivity index (χ3v) is 5.49. The van der Waals surface area contributed by atoms with Crippen LogP contribution in [0.4, 0.5) is 0 Å². The van der Waals surface area contributed by atoms with Crippen LogP contribution in [-0.4, -0.2) is 98.7 Å². The molecule has 7 nitrogen and oxygen atoms in total. The molecule has 1 N–H and O–H groups in total. The number of carbonyl (C=O) groups excluding carboxylic acids is 1. The van der Waals surface area contributed by atoms with Gasteiger partial charge in [-0.2, -0.15) is 0 Å². The molecular formula is C18H33N5O2. The number of amides is 1. The summed E-state index contributed by atoms with van der Waals surface area (Å²) < 4.78 is 5.71. The topological polar surface area (TPSA) is 60.4 Å². The lowest BCUT2D eigenvalue weighted by atomic mass is 10.2. The molecule has 25 heavy (non-hydrogen) atoms. The first-order valence-electron chi connectivity index (χ1n) is 9.72. The summed E-state index contributed by atoms with van der Waals surface area (Å²) in [5.41, 5.74) is 0. The molecule has 3 heterocycles. The van der Waals surface area contributed by atoms with Crippen molar-refractivity contribution in [1.82, 2.24) is 20.0 Å². The van der Waals surface area contributed by atoms with Gasteiger partial charge in [0.15, 0.2) is 5.96 Å². The van der Waals surface area contributed by atoms with Crippen molar-refractivity contribution in [2.75, 3.05) is 60.0 Å². The van der Waals surface area contributed by atoms with Crippen LogP contribution in [0.2, 0.25) is 0 Å². The monoisotopic (exact) mass is 351 g/mol. The summed E-state index contributed by atoms with van der Waals surface area (Å²) in [6.45, 7) is 6.31. The Morgan fingerprint density at radius 2 is 2.00 bits per heavy atom. The Labute approximate surface area is 151 Å². The molecule has 3 aliphatic heterocycles. The van der Waals surface area contributed by atoms with Gasteiger partial charge in [-0.1, -0.05) is 0 Å². The fourth-order valence-corrected chi connectivity index (χ4v) is 3.90. The van der Waals surface area contributed by atoms with Gasteiger partial charge in [-0.25, -0.2) is 4.99 Å². The summed E-state index contributed by atoms with van der Waals surface area (Å²) >= 11 is 0. The number of hydrogen-bond donors (Lipinski definition) is 1. The largest absolute Gasteiger partial charge is 0.376 e. The Hall–Kier alpha value is -1.34. The van der Waals surface area contributed by atoms with Gasteiger partial charge in [0.2, 0.25) is 5.91 Å². The minimum Gasteiger partial charge on any atom is -0.376 e. The molecule has 3 rings (SSSR count). The van der Waals surface area contributed by atoms with Crippen molar-refractivity contribution in [3.05, 3.63) is 0 Å². The molecule has 0 saturated carbocycles. The van der Waals surface area contributed by atoms with E-state index < -0.39 is 0 Å². The van der Waals surface area contributed by atoms with Crippen molar-refractivity contribution in [3.8, 4) is 0 Å². The number of nitrogens with zero attached hydrogens (tertiary/aromatic N) is 4. The average Bonchev–Trinajstić information content (AvgIpc) is 3.35. The van der Waals surface area contributed by atoms with Crippen molar-refractivity contribution in [2.45, 2.75) is 44.2 Å². The predicted molar refractivity (Wildman–Crippen MR) is 98.8 cm³/mol. The van der Waals surface area contributed by atoms with E-state index in [0.717, 1.165) is 45.0 Å². The van der Waals surface area contributed by atoms with E-state index >= 15 is 0 Å². The van der Waals surface area contributed by atoms with Gasteiger partial charge in [0.1, 0.15) is 6.54 Å². The van der Waals surface area contributed by atoms with Crippen LogP contribution in [0.25, 0.3) is 0 Å². The van der Waals surface area contributed by atoms with E-state index in [2.05, 4.69) is 20.1 Å². The molecular weight excluding hydrogens is 318 g/mol. The zero-order chi connectivity index (χ0) is 17.6. The van der Waals surface area contributed by atoms with Crippen molar-refractivity contribution < 1.29 is 9.53 Å². The molecule has 0 spiro atoms. The van der Waals surface area contributed by atoms with Gasteiger partial charge in [-0.3, -0.25) is 9.69 Å². The number of hydrogen-bond acceptors (Lipinski definition) is 4. The first-order valence-corrected chi connectivity index (χ1v) is 9.72. The Morgan fingerprint density at radius 3 is 2.68 bits per heavy atom. The van der Waals surface area contributed by atoms with Crippen LogP contribution in [0.1, 0.15) is 32.1 Å². The second-order valence-electron chi connectivity index (χ2n) is 7.58. The standard InChI is InChI=1S/C18H33N5O2/c1-21(2)17(24)13-20-18(19-12-16-6-5-11-25-16)23-10-7-15(14-23)22-8-3-4-9-22/h15-16H,3-14H2,1-2H3,(H,19,20). The summed E-state index contributed by atoms with van der Waals surface area (Å²) in [6, 6.07) is 0.627. The maximum Gasteiger partial charge on any atom is 0.243 e. The average molecular weight is 351 g/mol. The zero-order valence-corrected chi connectivity index (χ0v) is 15.7. The Balaban J connectivity index is 1.58. The van der Waals surface area contributed by atoms with Crippen molar-refractivity contribution in [1.29, 1.82) is 0 Å². The van der Waals surface area contributed by atoms with Crippen LogP contribution in [0.15, 0.2) is 4.99 Å². The van der Waals surface area contributed by atoms with Crippen molar-refractivity contribution in [3.63, 3.8) is 0 Å². The van der Waals surface area contributed by atoms with Crippen LogP contribution in [-0.2, 0) is 9.53 Å². The van der Waals surface area contributed by atoms with Gasteiger partial charge in [-0.05, 0) is 45.2 Å². The highest BCUT2D eigenvalue weighted by Crippen LogP contribution is 2.20. The molecule has 0 aromatic carbocycles. The lowest BCUT2D eigenvalue weighted by Gasteiger charge is -2.26. The highest BCUT2D eigenvalue weighted by molar-refractivity contribution is 5.85. The SMILES string of the molecule is CN(C)C(=O)CN=C(NCC1CCCO1)N1CCC(N2CCCC2)C1. The van der Waals surface area contributed by atoms with E-state index in [9.17, 15) is 4.79 Å². The molecule has 3 aliphatic rings. The van der Waals surface area contributed by atoms with Crippen LogP contribution >= 0.6 is 0 Å². The number of rotatable bonds is 5. The van der Waals surface area contributed by atoms with E-state index in [1.54, 1.807) is 19.0 Å². The molecule has 2 atom stereocenters. The number of guanidine groups is 1. The van der Waals surface area contributed by atoms with Crippen LogP contribution in [0.3, 0.4) is 0 Å². The number of aliphatic imine (C=N–C) groups is 1. The van der Waals surface area contributed by atoms with Gasteiger partial charge in [-0.15, -0.1) is 0 Å². The molecule has 0 aromatic rings. The fraction of sp³-hybridized carbons (Fsp3) is 0.889. The van der Waals surface area contributed by atoms with Gasteiger partial charge < -0.3 is 19.9 Å². The third kappa shape index (κ3) is 5.07. The van der Waals surface area contributed by atoms with E-state index in [1.165, 1.54) is 32.4 Å². The van der Waals surface area contributed by atoms with Gasteiger partial charge >= 0.3 is 0 Å². The van der Waals surface area contributed by atoms with E-state index in [4.69, 9.17) is 4.74 Å². The molecule has 1 amide bonds. The summed E-state index contributed by atoms with van der Waals surface area (Å²) in [5.74, 6) is 0.902. The molecule has 142 valence electrons. The first kappa shape index (κ1) is 18.5. The quantitative estimate of drug-likeness (QED) is 0.573. The van der Waals surface area contributed by atoms with Crippen LogP contribution in [0.5, 0.6) is 0 Å². The number of likely N-dealkylation sites (N-methyl/N-ethyl adjacent to an activating group) is 1. The van der Waals surface area contributed by atoms with Crippen molar-refractivity contribution >= 4 is 11.9 Å². The fourth-order valence-electron chi connectivity index (χ4n) is 3.90. The van der Waals surface area contributed by atoms with E-state index in [-0.39, 0.29) is 18.6 Å². The molecule has 2 unspecified atom stereocenters. The predicted octanol–water partition coefficient (Wildman–Crippen LogP) is 0.369. The zero-order valence-electron chi connectivity index (χ0n) is 15.7. The number of ether oxygens (including phenoxy) is 1. The Morgan fingerprint density at radius 1 is 1.20 bits per heavy atom. The van der Waals surface area contributed by atoms with Crippen LogP contribution in [0, 0.1) is 0 Å². The molecule has 0 radical (unpaired) electrons. The maximum absolute atomic E-state index is 11.9. The second-order valence-corrected chi connectivity index (χ2v) is 7.58. The van der Waals surface area contributed by atoms with Crippen molar-refractivity contribution in [2.24, 2.45) is 4.99 Å². The highest BCUT2D eigenvalue weighted by atomic mass is 16.5. The van der Waals surface area contributed by atoms with E-state index in [1.807, 2.05) is 0 Å². The smallest absolute Gasteiger partial charge is 0.243 e.